The van der Waals surface area contributed by atoms with Gasteiger partial charge < -0.3 is 25.5 Å². The van der Waals surface area contributed by atoms with Gasteiger partial charge in [-0.15, -0.1) is 0 Å². The Morgan fingerprint density at radius 2 is 1.67 bits per heavy atom. The summed E-state index contributed by atoms with van der Waals surface area (Å²) in [4.78, 5) is 12.8. The van der Waals surface area contributed by atoms with Crippen molar-refractivity contribution in [3.63, 3.8) is 0 Å². The van der Waals surface area contributed by atoms with E-state index in [-0.39, 0.29) is 40.6 Å². The molecule has 5 aliphatic rings. The molecule has 4 saturated carbocycles. The zero-order valence-corrected chi connectivity index (χ0v) is 23.0. The van der Waals surface area contributed by atoms with Crippen LogP contribution in [0.25, 0.3) is 0 Å². The van der Waals surface area contributed by atoms with Crippen molar-refractivity contribution >= 4 is 5.97 Å². The fourth-order valence-electron chi connectivity index (χ4n) is 11.0. The van der Waals surface area contributed by atoms with Crippen LogP contribution in [0.4, 0.5) is 0 Å². The van der Waals surface area contributed by atoms with Gasteiger partial charge in [-0.2, -0.15) is 0 Å². The largest absolute Gasteiger partial charge is 0.481 e. The second-order valence-corrected chi connectivity index (χ2v) is 14.7. The van der Waals surface area contributed by atoms with Crippen LogP contribution < -0.4 is 0 Å². The van der Waals surface area contributed by atoms with Crippen molar-refractivity contribution in [3.05, 3.63) is 11.6 Å². The Hall–Kier alpha value is -0.950. The molecule has 0 spiro atoms. The molecule has 6 heteroatoms. The lowest BCUT2D eigenvalue weighted by atomic mass is 9.33. The molecule has 0 aromatic heterocycles. The molecule has 0 aliphatic heterocycles. The number of hydrogen-bond donors (Lipinski definition) is 5. The minimum atomic E-state index is -1.09. The molecule has 5 aliphatic carbocycles. The number of fused-ring (bicyclic) bond motifs is 7. The van der Waals surface area contributed by atoms with Gasteiger partial charge in [-0.05, 0) is 92.3 Å². The highest BCUT2D eigenvalue weighted by Crippen LogP contribution is 2.76. The molecule has 4 fully saturated rings. The predicted octanol–water partition coefficient (Wildman–Crippen LogP) is 4.15. The van der Waals surface area contributed by atoms with Gasteiger partial charge in [0.15, 0.2) is 0 Å². The zero-order valence-electron chi connectivity index (χ0n) is 23.0. The van der Waals surface area contributed by atoms with Gasteiger partial charge in [0.2, 0.25) is 0 Å². The molecule has 12 atom stereocenters. The van der Waals surface area contributed by atoms with E-state index < -0.39 is 40.5 Å². The molecule has 5 N–H and O–H groups in total. The van der Waals surface area contributed by atoms with Gasteiger partial charge in [0.1, 0.15) is 0 Å². The molecule has 0 saturated heterocycles. The number of aliphatic carboxylic acids is 1. The molecule has 204 valence electrons. The summed E-state index contributed by atoms with van der Waals surface area (Å²) in [6.07, 6.45) is 6.20. The molecule has 0 bridgehead atoms. The zero-order chi connectivity index (χ0) is 26.7. The van der Waals surface area contributed by atoms with Crippen LogP contribution in [-0.4, -0.2) is 55.9 Å². The normalized spacial score (nSPS) is 58.6. The second kappa shape index (κ2) is 7.80. The van der Waals surface area contributed by atoms with Gasteiger partial charge in [-0.3, -0.25) is 4.79 Å². The number of aliphatic hydroxyl groups is 4. The van der Waals surface area contributed by atoms with Crippen molar-refractivity contribution in [2.45, 2.75) is 111 Å². The van der Waals surface area contributed by atoms with E-state index >= 15 is 0 Å². The summed E-state index contributed by atoms with van der Waals surface area (Å²) >= 11 is 0. The van der Waals surface area contributed by atoms with Gasteiger partial charge in [0, 0.05) is 11.3 Å². The molecule has 0 heterocycles. The van der Waals surface area contributed by atoms with E-state index in [2.05, 4.69) is 33.8 Å². The smallest absolute Gasteiger partial charge is 0.310 e. The highest BCUT2D eigenvalue weighted by atomic mass is 16.4. The first-order valence-electron chi connectivity index (χ1n) is 14.2. The molecule has 0 aromatic rings. The lowest BCUT2D eigenvalue weighted by Gasteiger charge is -2.72. The van der Waals surface area contributed by atoms with E-state index in [0.29, 0.717) is 19.3 Å². The van der Waals surface area contributed by atoms with E-state index in [1.807, 2.05) is 13.8 Å². The van der Waals surface area contributed by atoms with Crippen molar-refractivity contribution in [1.29, 1.82) is 0 Å². The average Bonchev–Trinajstić information content (AvgIpc) is 2.80. The number of carboxylic acid groups (broad SMARTS) is 1. The summed E-state index contributed by atoms with van der Waals surface area (Å²) in [6, 6.07) is 0. The average molecular weight is 505 g/mol. The number of rotatable bonds is 2. The maximum Gasteiger partial charge on any atom is 0.310 e. The molecule has 0 aromatic carbocycles. The lowest BCUT2D eigenvalue weighted by molar-refractivity contribution is -0.247. The summed E-state index contributed by atoms with van der Waals surface area (Å²) in [7, 11) is 0. The van der Waals surface area contributed by atoms with Gasteiger partial charge in [0.25, 0.3) is 0 Å². The number of allylic oxidation sites excluding steroid dienone is 1. The van der Waals surface area contributed by atoms with Crippen molar-refractivity contribution in [3.8, 4) is 0 Å². The maximum atomic E-state index is 12.8. The van der Waals surface area contributed by atoms with E-state index in [1.165, 1.54) is 0 Å². The first-order valence-corrected chi connectivity index (χ1v) is 14.2. The Morgan fingerprint density at radius 1 is 1.00 bits per heavy atom. The summed E-state index contributed by atoms with van der Waals surface area (Å²) in [6.45, 7) is 12.6. The Labute approximate surface area is 216 Å². The van der Waals surface area contributed by atoms with Gasteiger partial charge >= 0.3 is 5.97 Å². The molecule has 5 rings (SSSR count). The van der Waals surface area contributed by atoms with Crippen molar-refractivity contribution < 1.29 is 30.3 Å². The Morgan fingerprint density at radius 3 is 2.28 bits per heavy atom. The maximum absolute atomic E-state index is 12.8. The third-order valence-corrected chi connectivity index (χ3v) is 13.6. The summed E-state index contributed by atoms with van der Waals surface area (Å²) in [5, 5.41) is 54.8. The molecular formula is C30H48O6. The highest BCUT2D eigenvalue weighted by Gasteiger charge is 2.72. The van der Waals surface area contributed by atoms with Crippen LogP contribution in [0.3, 0.4) is 0 Å². The van der Waals surface area contributed by atoms with E-state index in [9.17, 15) is 30.3 Å². The van der Waals surface area contributed by atoms with Gasteiger partial charge in [0.05, 0.1) is 29.8 Å². The summed E-state index contributed by atoms with van der Waals surface area (Å²) in [5.74, 6) is -0.834. The Bertz CT molecular complexity index is 974. The van der Waals surface area contributed by atoms with Crippen LogP contribution >= 0.6 is 0 Å². The topological polar surface area (TPSA) is 118 Å². The quantitative estimate of drug-likeness (QED) is 0.361. The van der Waals surface area contributed by atoms with Crippen molar-refractivity contribution in [2.75, 3.05) is 6.61 Å². The van der Waals surface area contributed by atoms with E-state index in [1.54, 1.807) is 0 Å². The predicted molar refractivity (Wildman–Crippen MR) is 137 cm³/mol. The van der Waals surface area contributed by atoms with Crippen molar-refractivity contribution in [1.82, 2.24) is 0 Å². The minimum Gasteiger partial charge on any atom is -0.481 e. The fourth-order valence-corrected chi connectivity index (χ4v) is 11.0. The lowest BCUT2D eigenvalue weighted by Crippen LogP contribution is -2.69. The Kier molecular flexibility index (Phi) is 5.77. The Balaban J connectivity index is 1.65. The highest BCUT2D eigenvalue weighted by molar-refractivity contribution is 5.77. The number of carboxylic acids is 1. The molecule has 36 heavy (non-hydrogen) atoms. The number of aliphatic hydroxyl groups excluding tert-OH is 3. The second-order valence-electron chi connectivity index (χ2n) is 14.7. The summed E-state index contributed by atoms with van der Waals surface area (Å²) < 4.78 is 0. The van der Waals surface area contributed by atoms with Crippen LogP contribution in [0.15, 0.2) is 11.6 Å². The van der Waals surface area contributed by atoms with Gasteiger partial charge in [-0.1, -0.05) is 46.3 Å². The monoisotopic (exact) mass is 504 g/mol. The fraction of sp³-hybridized carbons (Fsp3) is 0.900. The SMILES string of the molecule is C[C@H]1CC[C@]2(C(=O)O)CC[C@]3(C)C(=CC[C@H]4[C@@]5(C)C[C@@H](O)[C@@H](O)[C@@](C)(CO)[C@@H]5CC[C@@]43C)[C@@H]2[C@@]1(C)O. The van der Waals surface area contributed by atoms with E-state index in [4.69, 9.17) is 0 Å². The molecule has 0 unspecified atom stereocenters. The summed E-state index contributed by atoms with van der Waals surface area (Å²) in [5.41, 5.74) is -2.28. The third kappa shape index (κ3) is 2.91. The first-order chi connectivity index (χ1) is 16.6. The van der Waals surface area contributed by atoms with Crippen LogP contribution in [0.5, 0.6) is 0 Å². The first kappa shape index (κ1) is 26.6. The molecular weight excluding hydrogens is 456 g/mol. The van der Waals surface area contributed by atoms with Crippen molar-refractivity contribution in [2.24, 2.45) is 50.7 Å². The van der Waals surface area contributed by atoms with Crippen LogP contribution in [0, 0.1) is 50.7 Å². The number of carbonyl (C=O) groups is 1. The van der Waals surface area contributed by atoms with Gasteiger partial charge in [-0.25, -0.2) is 0 Å². The van der Waals surface area contributed by atoms with Crippen LogP contribution in [0.2, 0.25) is 0 Å². The van der Waals surface area contributed by atoms with Crippen LogP contribution in [0.1, 0.15) is 92.9 Å². The third-order valence-electron chi connectivity index (χ3n) is 13.6. The standard InChI is InChI=1S/C30H48O6/c1-17-9-12-30(24(34)35)14-13-27(4)18(22(30)29(17,6)36)7-8-21-25(2)15-19(32)23(33)26(3,16-31)20(25)10-11-28(21,27)5/h7,17,19-23,31-33,36H,8-16H2,1-6H3,(H,34,35)/t17-,19+,20+,21-,22+,23+,25-,26-,27+,28-,29-,30-/m0/s1. The van der Waals surface area contributed by atoms with Crippen LogP contribution in [-0.2, 0) is 4.79 Å². The molecule has 0 amide bonds. The molecule has 6 nitrogen and oxygen atoms in total. The number of hydrogen-bond acceptors (Lipinski definition) is 5. The molecule has 0 radical (unpaired) electrons. The van der Waals surface area contributed by atoms with E-state index in [0.717, 1.165) is 37.7 Å². The minimum absolute atomic E-state index is 0.0252.